The van der Waals surface area contributed by atoms with E-state index in [2.05, 4.69) is 4.98 Å². The van der Waals surface area contributed by atoms with E-state index in [0.717, 1.165) is 11.3 Å². The number of hydrogen-bond donors (Lipinski definition) is 1. The number of carboxylic acid groups (broad SMARTS) is 1. The highest BCUT2D eigenvalue weighted by molar-refractivity contribution is 7.17. The van der Waals surface area contributed by atoms with E-state index >= 15 is 0 Å². The van der Waals surface area contributed by atoms with Gasteiger partial charge in [0.1, 0.15) is 0 Å². The summed E-state index contributed by atoms with van der Waals surface area (Å²) in [6, 6.07) is 15.8. The number of nitro benzene ring substituents is 1. The lowest BCUT2D eigenvalue weighted by molar-refractivity contribution is -0.384. The fraction of sp³-hybridized carbons (Fsp3) is 0.0526. The Balaban J connectivity index is 1.88. The lowest BCUT2D eigenvalue weighted by Gasteiger charge is -2.03. The van der Waals surface area contributed by atoms with Gasteiger partial charge in [0.2, 0.25) is 0 Å². The number of imidazole rings is 1. The molecule has 0 unspecified atom stereocenters. The second-order valence-electron chi connectivity index (χ2n) is 5.90. The molecular weight excluding hydrogens is 366 g/mol. The number of rotatable bonds is 5. The van der Waals surface area contributed by atoms with Crippen molar-refractivity contribution in [2.45, 2.75) is 6.42 Å². The zero-order valence-corrected chi connectivity index (χ0v) is 14.7. The Morgan fingerprint density at radius 1 is 1.15 bits per heavy atom. The molecule has 8 heteroatoms. The number of benzene rings is 2. The maximum atomic E-state index is 11.3. The number of aliphatic carboxylic acids is 1. The monoisotopic (exact) mass is 379 g/mol. The van der Waals surface area contributed by atoms with E-state index in [0.29, 0.717) is 21.1 Å². The first-order valence-corrected chi connectivity index (χ1v) is 8.87. The smallest absolute Gasteiger partial charge is 0.308 e. The highest BCUT2D eigenvalue weighted by atomic mass is 32.1. The minimum Gasteiger partial charge on any atom is -0.481 e. The van der Waals surface area contributed by atoms with Crippen LogP contribution in [0, 0.1) is 10.1 Å². The molecule has 27 heavy (non-hydrogen) atoms. The Kier molecular flexibility index (Phi) is 4.17. The predicted octanol–water partition coefficient (Wildman–Crippen LogP) is 4.27. The van der Waals surface area contributed by atoms with Crippen LogP contribution < -0.4 is 0 Å². The maximum absolute atomic E-state index is 11.3. The SMILES string of the molecule is O=C(O)Cc1sc2nc(-c3cccc([N+](=O)[O-])c3)cn2c1-c1ccccc1. The molecule has 7 nitrogen and oxygen atoms in total. The molecule has 4 rings (SSSR count). The van der Waals surface area contributed by atoms with Crippen molar-refractivity contribution in [2.24, 2.45) is 0 Å². The zero-order valence-electron chi connectivity index (χ0n) is 13.9. The van der Waals surface area contributed by atoms with Crippen molar-refractivity contribution in [1.29, 1.82) is 0 Å². The number of fused-ring (bicyclic) bond motifs is 1. The maximum Gasteiger partial charge on any atom is 0.308 e. The van der Waals surface area contributed by atoms with Gasteiger partial charge in [-0.25, -0.2) is 4.98 Å². The molecule has 134 valence electrons. The van der Waals surface area contributed by atoms with Crippen molar-refractivity contribution < 1.29 is 14.8 Å². The van der Waals surface area contributed by atoms with Gasteiger partial charge in [-0.3, -0.25) is 19.3 Å². The third kappa shape index (κ3) is 3.18. The van der Waals surface area contributed by atoms with Crippen LogP contribution in [0.2, 0.25) is 0 Å². The van der Waals surface area contributed by atoms with Crippen LogP contribution in [0.1, 0.15) is 4.88 Å². The second kappa shape index (κ2) is 6.65. The van der Waals surface area contributed by atoms with Crippen molar-refractivity contribution in [3.8, 4) is 22.5 Å². The number of aromatic nitrogens is 2. The van der Waals surface area contributed by atoms with Crippen LogP contribution in [-0.4, -0.2) is 25.4 Å². The van der Waals surface area contributed by atoms with Crippen LogP contribution in [0.5, 0.6) is 0 Å². The molecule has 0 bridgehead atoms. The Morgan fingerprint density at radius 2 is 1.89 bits per heavy atom. The van der Waals surface area contributed by atoms with Crippen LogP contribution in [0.15, 0.2) is 60.8 Å². The van der Waals surface area contributed by atoms with Gasteiger partial charge in [0.15, 0.2) is 4.96 Å². The molecular formula is C19H13N3O4S. The molecule has 0 aliphatic rings. The van der Waals surface area contributed by atoms with Crippen LogP contribution >= 0.6 is 11.3 Å². The normalized spacial score (nSPS) is 11.0. The molecule has 2 heterocycles. The standard InChI is InChI=1S/C19H13N3O4S/c23-17(24)10-16-18(12-5-2-1-3-6-12)21-11-15(20-19(21)27-16)13-7-4-8-14(9-13)22(25)26/h1-9,11H,10H2,(H,23,24). The molecule has 0 fully saturated rings. The number of nitro groups is 1. The van der Waals surface area contributed by atoms with Crippen LogP contribution in [0.25, 0.3) is 27.5 Å². The first-order valence-electron chi connectivity index (χ1n) is 8.06. The number of hydrogen-bond acceptors (Lipinski definition) is 5. The molecule has 2 aromatic carbocycles. The topological polar surface area (TPSA) is 97.7 Å². The summed E-state index contributed by atoms with van der Waals surface area (Å²) in [5, 5.41) is 20.2. The van der Waals surface area contributed by atoms with Gasteiger partial charge in [0.05, 0.1) is 22.7 Å². The third-order valence-corrected chi connectivity index (χ3v) is 5.16. The quantitative estimate of drug-likeness (QED) is 0.413. The Morgan fingerprint density at radius 3 is 2.59 bits per heavy atom. The van der Waals surface area contributed by atoms with E-state index in [4.69, 9.17) is 0 Å². The van der Waals surface area contributed by atoms with E-state index < -0.39 is 10.9 Å². The average Bonchev–Trinajstić information content (AvgIpc) is 3.19. The van der Waals surface area contributed by atoms with E-state index in [9.17, 15) is 20.0 Å². The molecule has 0 saturated carbocycles. The first kappa shape index (κ1) is 16.9. The highest BCUT2D eigenvalue weighted by Crippen LogP contribution is 2.34. The van der Waals surface area contributed by atoms with Gasteiger partial charge in [-0.2, -0.15) is 0 Å². The van der Waals surface area contributed by atoms with Crippen molar-refractivity contribution in [3.05, 3.63) is 75.8 Å². The lowest BCUT2D eigenvalue weighted by atomic mass is 10.1. The number of carboxylic acids is 1. The van der Waals surface area contributed by atoms with Gasteiger partial charge in [0.25, 0.3) is 5.69 Å². The summed E-state index contributed by atoms with van der Waals surface area (Å²) >= 11 is 1.31. The minimum atomic E-state index is -0.907. The molecule has 0 aliphatic heterocycles. The fourth-order valence-corrected chi connectivity index (χ4v) is 4.07. The van der Waals surface area contributed by atoms with Crippen LogP contribution in [0.3, 0.4) is 0 Å². The number of nitrogens with zero attached hydrogens (tertiary/aromatic N) is 3. The van der Waals surface area contributed by atoms with E-state index in [1.165, 1.54) is 23.5 Å². The van der Waals surface area contributed by atoms with Crippen molar-refractivity contribution in [1.82, 2.24) is 9.38 Å². The van der Waals surface area contributed by atoms with Gasteiger partial charge < -0.3 is 5.11 Å². The zero-order chi connectivity index (χ0) is 19.0. The molecule has 0 saturated heterocycles. The Labute approximate surface area is 157 Å². The van der Waals surface area contributed by atoms with E-state index in [1.807, 2.05) is 34.7 Å². The van der Waals surface area contributed by atoms with Crippen molar-refractivity contribution >= 4 is 28.0 Å². The van der Waals surface area contributed by atoms with Crippen LogP contribution in [0.4, 0.5) is 5.69 Å². The Bertz CT molecular complexity index is 1160. The van der Waals surface area contributed by atoms with Gasteiger partial charge in [0, 0.05) is 28.8 Å². The summed E-state index contributed by atoms with van der Waals surface area (Å²) in [5.74, 6) is -0.907. The number of non-ortho nitro benzene ring substituents is 1. The molecule has 0 radical (unpaired) electrons. The molecule has 4 aromatic rings. The number of carbonyl (C=O) groups is 1. The summed E-state index contributed by atoms with van der Waals surface area (Å²) in [5.41, 5.74) is 2.91. The lowest BCUT2D eigenvalue weighted by Crippen LogP contribution is -2.00. The summed E-state index contributed by atoms with van der Waals surface area (Å²) in [4.78, 5) is 27.7. The highest BCUT2D eigenvalue weighted by Gasteiger charge is 2.19. The number of thiazole rings is 1. The first-order chi connectivity index (χ1) is 13.0. The summed E-state index contributed by atoms with van der Waals surface area (Å²) in [7, 11) is 0. The second-order valence-corrected chi connectivity index (χ2v) is 6.96. The average molecular weight is 379 g/mol. The minimum absolute atomic E-state index is 0.00120. The van der Waals surface area contributed by atoms with Crippen molar-refractivity contribution in [2.75, 3.05) is 0 Å². The molecule has 2 aromatic heterocycles. The largest absolute Gasteiger partial charge is 0.481 e. The van der Waals surface area contributed by atoms with Gasteiger partial charge in [-0.1, -0.05) is 42.5 Å². The van der Waals surface area contributed by atoms with Crippen LogP contribution in [-0.2, 0) is 11.2 Å². The van der Waals surface area contributed by atoms with Gasteiger partial charge in [-0.05, 0) is 5.56 Å². The Hall–Kier alpha value is -3.52. The summed E-state index contributed by atoms with van der Waals surface area (Å²) in [6.07, 6.45) is 1.70. The molecule has 0 atom stereocenters. The fourth-order valence-electron chi connectivity index (χ4n) is 2.96. The van der Waals surface area contributed by atoms with Crippen molar-refractivity contribution in [3.63, 3.8) is 0 Å². The molecule has 0 spiro atoms. The van der Waals surface area contributed by atoms with E-state index in [-0.39, 0.29) is 12.1 Å². The summed E-state index contributed by atoms with van der Waals surface area (Å²) in [6.45, 7) is 0. The van der Waals surface area contributed by atoms with Gasteiger partial charge in [-0.15, -0.1) is 11.3 Å². The molecule has 0 aliphatic carbocycles. The third-order valence-electron chi connectivity index (χ3n) is 4.10. The summed E-state index contributed by atoms with van der Waals surface area (Å²) < 4.78 is 1.85. The van der Waals surface area contributed by atoms with E-state index in [1.54, 1.807) is 18.3 Å². The predicted molar refractivity (Wildman–Crippen MR) is 102 cm³/mol. The van der Waals surface area contributed by atoms with Gasteiger partial charge >= 0.3 is 5.97 Å². The molecule has 1 N–H and O–H groups in total. The molecule has 0 amide bonds.